The van der Waals surface area contributed by atoms with Crippen LogP contribution in [0, 0.1) is 6.92 Å². The minimum atomic E-state index is -1.15. The van der Waals surface area contributed by atoms with E-state index >= 15 is 0 Å². The van der Waals surface area contributed by atoms with Gasteiger partial charge in [-0.15, -0.1) is 0 Å². The number of anilines is 1. The van der Waals surface area contributed by atoms with Crippen LogP contribution in [-0.4, -0.2) is 28.5 Å². The Bertz CT molecular complexity index is 683. The fourth-order valence-corrected chi connectivity index (χ4v) is 2.05. The van der Waals surface area contributed by atoms with Gasteiger partial charge in [0.05, 0.1) is 0 Å². The Hall–Kier alpha value is -2.69. The molecule has 21 heavy (non-hydrogen) atoms. The normalized spacial score (nSPS) is 10.2. The zero-order valence-electron chi connectivity index (χ0n) is 11.9. The Morgan fingerprint density at radius 3 is 2.43 bits per heavy atom. The average Bonchev–Trinajstić information content (AvgIpc) is 2.48. The van der Waals surface area contributed by atoms with Crippen LogP contribution in [0.15, 0.2) is 42.5 Å². The van der Waals surface area contributed by atoms with Crippen LogP contribution in [0.2, 0.25) is 0 Å². The third kappa shape index (κ3) is 3.25. The topological polar surface area (TPSA) is 70.5 Å². The molecular formula is C16H16N2O3. The van der Waals surface area contributed by atoms with E-state index in [0.717, 1.165) is 11.3 Å². The van der Waals surface area contributed by atoms with Crippen molar-refractivity contribution in [3.05, 3.63) is 59.4 Å². The summed E-state index contributed by atoms with van der Waals surface area (Å²) >= 11 is 0. The van der Waals surface area contributed by atoms with E-state index in [-0.39, 0.29) is 17.3 Å². The van der Waals surface area contributed by atoms with E-state index in [0.29, 0.717) is 6.54 Å². The smallest absolute Gasteiger partial charge is 0.354 e. The molecule has 0 atom stereocenters. The molecule has 108 valence electrons. The summed E-state index contributed by atoms with van der Waals surface area (Å²) in [5.41, 5.74) is 1.80. The van der Waals surface area contributed by atoms with Gasteiger partial charge in [-0.25, -0.2) is 9.78 Å². The number of amides is 1. The highest BCUT2D eigenvalue weighted by molar-refractivity contribution is 6.05. The molecule has 0 aliphatic rings. The first kappa shape index (κ1) is 14.7. The highest BCUT2D eigenvalue weighted by Crippen LogP contribution is 2.18. The van der Waals surface area contributed by atoms with Crippen LogP contribution < -0.4 is 4.90 Å². The SMILES string of the molecule is CCN(C(=O)c1cccc(C(=O)O)n1)c1cccc(C)c1. The van der Waals surface area contributed by atoms with Crippen molar-refractivity contribution in [2.45, 2.75) is 13.8 Å². The first-order valence-electron chi connectivity index (χ1n) is 6.62. The highest BCUT2D eigenvalue weighted by atomic mass is 16.4. The molecule has 1 N–H and O–H groups in total. The Labute approximate surface area is 122 Å². The lowest BCUT2D eigenvalue weighted by atomic mass is 10.2. The van der Waals surface area contributed by atoms with E-state index < -0.39 is 5.97 Å². The second-order valence-corrected chi connectivity index (χ2v) is 4.60. The fraction of sp³-hybridized carbons (Fsp3) is 0.188. The molecule has 0 fully saturated rings. The second-order valence-electron chi connectivity index (χ2n) is 4.60. The van der Waals surface area contributed by atoms with E-state index in [2.05, 4.69) is 4.98 Å². The summed E-state index contributed by atoms with van der Waals surface area (Å²) in [6.45, 7) is 4.29. The molecule has 0 aliphatic carbocycles. The molecule has 0 unspecified atom stereocenters. The monoisotopic (exact) mass is 284 g/mol. The number of nitrogens with zero attached hydrogens (tertiary/aromatic N) is 2. The molecule has 5 heteroatoms. The van der Waals surface area contributed by atoms with E-state index in [1.165, 1.54) is 18.2 Å². The maximum atomic E-state index is 12.5. The number of carbonyl (C=O) groups excluding carboxylic acids is 1. The van der Waals surface area contributed by atoms with Gasteiger partial charge < -0.3 is 10.0 Å². The Balaban J connectivity index is 2.36. The lowest BCUT2D eigenvalue weighted by Crippen LogP contribution is -2.31. The number of carbonyl (C=O) groups is 2. The summed E-state index contributed by atoms with van der Waals surface area (Å²) in [7, 11) is 0. The van der Waals surface area contributed by atoms with Gasteiger partial charge in [0.15, 0.2) is 0 Å². The summed E-state index contributed by atoms with van der Waals surface area (Å²) in [6, 6.07) is 12.0. The molecule has 1 aromatic heterocycles. The molecule has 0 saturated heterocycles. The molecule has 0 radical (unpaired) electrons. The molecule has 0 spiro atoms. The number of carboxylic acids is 1. The van der Waals surface area contributed by atoms with Crippen LogP contribution in [0.25, 0.3) is 0 Å². The van der Waals surface area contributed by atoms with Crippen molar-refractivity contribution in [3.63, 3.8) is 0 Å². The number of aromatic nitrogens is 1. The molecule has 1 aromatic carbocycles. The van der Waals surface area contributed by atoms with Crippen molar-refractivity contribution in [3.8, 4) is 0 Å². The average molecular weight is 284 g/mol. The van der Waals surface area contributed by atoms with Gasteiger partial charge >= 0.3 is 5.97 Å². The van der Waals surface area contributed by atoms with Crippen molar-refractivity contribution < 1.29 is 14.7 Å². The van der Waals surface area contributed by atoms with E-state index in [1.807, 2.05) is 38.1 Å². The number of pyridine rings is 1. The van der Waals surface area contributed by atoms with Gasteiger partial charge in [-0.05, 0) is 43.7 Å². The highest BCUT2D eigenvalue weighted by Gasteiger charge is 2.18. The van der Waals surface area contributed by atoms with Crippen molar-refractivity contribution in [2.24, 2.45) is 0 Å². The van der Waals surface area contributed by atoms with Crippen LogP contribution in [0.3, 0.4) is 0 Å². The minimum Gasteiger partial charge on any atom is -0.477 e. The minimum absolute atomic E-state index is 0.123. The van der Waals surface area contributed by atoms with Gasteiger partial charge in [-0.3, -0.25) is 4.79 Å². The number of aryl methyl sites for hydroxylation is 1. The van der Waals surface area contributed by atoms with E-state index in [9.17, 15) is 9.59 Å². The fourth-order valence-electron chi connectivity index (χ4n) is 2.05. The summed E-state index contributed by atoms with van der Waals surface area (Å²) < 4.78 is 0. The lowest BCUT2D eigenvalue weighted by molar-refractivity contribution is 0.0690. The molecular weight excluding hydrogens is 268 g/mol. The number of aromatic carboxylic acids is 1. The predicted molar refractivity (Wildman–Crippen MR) is 79.7 cm³/mol. The number of carboxylic acid groups (broad SMARTS) is 1. The van der Waals surface area contributed by atoms with E-state index in [4.69, 9.17) is 5.11 Å². The van der Waals surface area contributed by atoms with Crippen molar-refractivity contribution in [2.75, 3.05) is 11.4 Å². The summed E-state index contributed by atoms with van der Waals surface area (Å²) in [4.78, 5) is 28.9. The number of benzene rings is 1. The van der Waals surface area contributed by atoms with Gasteiger partial charge in [0.2, 0.25) is 0 Å². The predicted octanol–water partition coefficient (Wildman–Crippen LogP) is 2.75. The third-order valence-corrected chi connectivity index (χ3v) is 3.06. The lowest BCUT2D eigenvalue weighted by Gasteiger charge is -2.21. The van der Waals surface area contributed by atoms with Crippen LogP contribution in [0.5, 0.6) is 0 Å². The Kier molecular flexibility index (Phi) is 4.33. The summed E-state index contributed by atoms with van der Waals surface area (Å²) in [6.07, 6.45) is 0. The quantitative estimate of drug-likeness (QED) is 0.937. The molecule has 2 aromatic rings. The van der Waals surface area contributed by atoms with Crippen molar-refractivity contribution in [1.82, 2.24) is 4.98 Å². The third-order valence-electron chi connectivity index (χ3n) is 3.06. The van der Waals surface area contributed by atoms with E-state index in [1.54, 1.807) is 4.90 Å². The molecule has 1 heterocycles. The summed E-state index contributed by atoms with van der Waals surface area (Å²) in [5.74, 6) is -1.46. The Morgan fingerprint density at radius 1 is 1.14 bits per heavy atom. The second kappa shape index (κ2) is 6.17. The van der Waals surface area contributed by atoms with Crippen LogP contribution >= 0.6 is 0 Å². The van der Waals surface area contributed by atoms with Crippen LogP contribution in [0.4, 0.5) is 5.69 Å². The molecule has 0 aliphatic heterocycles. The van der Waals surface area contributed by atoms with Crippen LogP contribution in [-0.2, 0) is 0 Å². The molecule has 0 bridgehead atoms. The summed E-state index contributed by atoms with van der Waals surface area (Å²) in [5, 5.41) is 8.95. The zero-order chi connectivity index (χ0) is 15.4. The number of hydrogen-bond acceptors (Lipinski definition) is 3. The largest absolute Gasteiger partial charge is 0.477 e. The first-order valence-corrected chi connectivity index (χ1v) is 6.62. The van der Waals surface area contributed by atoms with Crippen molar-refractivity contribution >= 4 is 17.6 Å². The molecule has 0 saturated carbocycles. The maximum Gasteiger partial charge on any atom is 0.354 e. The Morgan fingerprint density at radius 2 is 1.81 bits per heavy atom. The molecule has 1 amide bonds. The molecule has 2 rings (SSSR count). The standard InChI is InChI=1S/C16H16N2O3/c1-3-18(12-7-4-6-11(2)10-12)15(19)13-8-5-9-14(17-13)16(20)21/h4-10H,3H2,1-2H3,(H,20,21). The van der Waals surface area contributed by atoms with Gasteiger partial charge in [0.1, 0.15) is 11.4 Å². The van der Waals surface area contributed by atoms with Gasteiger partial charge in [-0.2, -0.15) is 0 Å². The number of rotatable bonds is 4. The van der Waals surface area contributed by atoms with Gasteiger partial charge in [0.25, 0.3) is 5.91 Å². The zero-order valence-corrected chi connectivity index (χ0v) is 11.9. The van der Waals surface area contributed by atoms with Crippen LogP contribution in [0.1, 0.15) is 33.5 Å². The first-order chi connectivity index (χ1) is 10.0. The maximum absolute atomic E-state index is 12.5. The number of hydrogen-bond donors (Lipinski definition) is 1. The van der Waals surface area contributed by atoms with Crippen molar-refractivity contribution in [1.29, 1.82) is 0 Å². The van der Waals surface area contributed by atoms with Gasteiger partial charge in [0, 0.05) is 12.2 Å². The molecule has 5 nitrogen and oxygen atoms in total. The van der Waals surface area contributed by atoms with Gasteiger partial charge in [-0.1, -0.05) is 18.2 Å².